The van der Waals surface area contributed by atoms with Crippen LogP contribution in [-0.2, 0) is 6.42 Å². The first-order valence-corrected chi connectivity index (χ1v) is 10.8. The Bertz CT molecular complexity index is 1430. The molecule has 6 heteroatoms. The van der Waals surface area contributed by atoms with E-state index in [0.717, 1.165) is 50.9 Å². The number of nitrogens with zero attached hydrogens (tertiary/aromatic N) is 3. The third-order valence-electron chi connectivity index (χ3n) is 5.65. The summed E-state index contributed by atoms with van der Waals surface area (Å²) in [5, 5.41) is 8.63. The second-order valence-electron chi connectivity index (χ2n) is 7.47. The SMILES string of the molecule is CCc1nn(-c2ccccc2)c2nc(-c3ccc(Cl)cc3)c3cc(OC)c(OC)cc3c12. The maximum atomic E-state index is 6.16. The number of para-hydroxylation sites is 1. The van der Waals surface area contributed by atoms with Crippen molar-refractivity contribution in [3.8, 4) is 28.4 Å². The van der Waals surface area contributed by atoms with Crippen molar-refractivity contribution in [2.24, 2.45) is 0 Å². The Morgan fingerprint density at radius 1 is 0.875 bits per heavy atom. The summed E-state index contributed by atoms with van der Waals surface area (Å²) in [6.07, 6.45) is 0.780. The third-order valence-corrected chi connectivity index (χ3v) is 5.90. The zero-order valence-corrected chi connectivity index (χ0v) is 18.8. The number of halogens is 1. The highest BCUT2D eigenvalue weighted by Gasteiger charge is 2.21. The van der Waals surface area contributed by atoms with Gasteiger partial charge in [-0.2, -0.15) is 5.10 Å². The Morgan fingerprint density at radius 2 is 1.53 bits per heavy atom. The number of pyridine rings is 1. The molecule has 0 spiro atoms. The highest BCUT2D eigenvalue weighted by atomic mass is 35.5. The van der Waals surface area contributed by atoms with Crippen molar-refractivity contribution in [1.82, 2.24) is 14.8 Å². The predicted octanol–water partition coefficient (Wildman–Crippen LogP) is 6.47. The smallest absolute Gasteiger partial charge is 0.164 e. The Balaban J connectivity index is 1.95. The van der Waals surface area contributed by atoms with Gasteiger partial charge in [-0.15, -0.1) is 0 Å². The summed E-state index contributed by atoms with van der Waals surface area (Å²) in [5.41, 5.74) is 4.55. The number of methoxy groups -OCH3 is 2. The van der Waals surface area contributed by atoms with Gasteiger partial charge < -0.3 is 9.47 Å². The number of aryl methyl sites for hydroxylation is 1. The summed E-state index contributed by atoms with van der Waals surface area (Å²) < 4.78 is 13.2. The van der Waals surface area contributed by atoms with E-state index in [2.05, 4.69) is 6.92 Å². The fourth-order valence-corrected chi connectivity index (χ4v) is 4.23. The molecule has 0 radical (unpaired) electrons. The van der Waals surface area contributed by atoms with Crippen LogP contribution >= 0.6 is 11.6 Å². The van der Waals surface area contributed by atoms with E-state index in [-0.39, 0.29) is 0 Å². The minimum absolute atomic E-state index is 0.657. The van der Waals surface area contributed by atoms with Gasteiger partial charge in [-0.25, -0.2) is 9.67 Å². The minimum Gasteiger partial charge on any atom is -0.493 e. The van der Waals surface area contributed by atoms with Crippen LogP contribution in [0, 0.1) is 0 Å². The Labute approximate surface area is 191 Å². The van der Waals surface area contributed by atoms with Crippen LogP contribution in [0.5, 0.6) is 11.5 Å². The van der Waals surface area contributed by atoms with Crippen LogP contribution < -0.4 is 9.47 Å². The van der Waals surface area contributed by atoms with E-state index >= 15 is 0 Å². The molecule has 160 valence electrons. The fourth-order valence-electron chi connectivity index (χ4n) is 4.10. The van der Waals surface area contributed by atoms with E-state index in [1.165, 1.54) is 0 Å². The molecule has 0 fully saturated rings. The second-order valence-corrected chi connectivity index (χ2v) is 7.90. The van der Waals surface area contributed by atoms with Crippen LogP contribution in [0.1, 0.15) is 12.6 Å². The molecule has 2 aromatic heterocycles. The molecule has 0 unspecified atom stereocenters. The number of hydrogen-bond acceptors (Lipinski definition) is 4. The zero-order chi connectivity index (χ0) is 22.2. The van der Waals surface area contributed by atoms with Gasteiger partial charge in [0.05, 0.1) is 36.7 Å². The molecule has 0 saturated heterocycles. The van der Waals surface area contributed by atoms with Crippen molar-refractivity contribution in [2.75, 3.05) is 14.2 Å². The predicted molar refractivity (Wildman–Crippen MR) is 129 cm³/mol. The molecule has 0 aliphatic heterocycles. The van der Waals surface area contributed by atoms with E-state index in [1.54, 1.807) is 14.2 Å². The summed E-state index contributed by atoms with van der Waals surface area (Å²) in [7, 11) is 3.29. The lowest BCUT2D eigenvalue weighted by Gasteiger charge is -2.14. The van der Waals surface area contributed by atoms with Crippen molar-refractivity contribution >= 4 is 33.4 Å². The summed E-state index contributed by atoms with van der Waals surface area (Å²) >= 11 is 6.16. The minimum atomic E-state index is 0.657. The van der Waals surface area contributed by atoms with Gasteiger partial charge in [-0.1, -0.05) is 48.9 Å². The third kappa shape index (κ3) is 3.26. The van der Waals surface area contributed by atoms with Crippen molar-refractivity contribution in [2.45, 2.75) is 13.3 Å². The van der Waals surface area contributed by atoms with E-state index in [0.29, 0.717) is 16.5 Å². The highest BCUT2D eigenvalue weighted by Crippen LogP contribution is 2.41. The molecule has 5 aromatic rings. The van der Waals surface area contributed by atoms with Crippen LogP contribution in [0.3, 0.4) is 0 Å². The maximum Gasteiger partial charge on any atom is 0.164 e. The van der Waals surface area contributed by atoms with Crippen molar-refractivity contribution in [3.63, 3.8) is 0 Å². The molecule has 2 heterocycles. The molecular formula is C26H22ClN3O2. The standard InChI is InChI=1S/C26H22ClN3O2/c1-4-21-24-19-14-22(31-2)23(32-3)15-20(19)25(16-10-12-17(27)13-11-16)28-26(24)30(29-21)18-8-6-5-7-9-18/h5-15H,4H2,1-3H3. The van der Waals surface area contributed by atoms with E-state index in [9.17, 15) is 0 Å². The first-order chi connectivity index (χ1) is 15.6. The Kier molecular flexibility index (Phi) is 5.19. The normalized spacial score (nSPS) is 11.2. The molecular weight excluding hydrogens is 422 g/mol. The lowest BCUT2D eigenvalue weighted by atomic mass is 9.99. The maximum absolute atomic E-state index is 6.16. The van der Waals surface area contributed by atoms with Gasteiger partial charge in [0.15, 0.2) is 17.1 Å². The zero-order valence-electron chi connectivity index (χ0n) is 18.1. The molecule has 0 amide bonds. The summed E-state index contributed by atoms with van der Waals surface area (Å²) in [4.78, 5) is 5.14. The molecule has 0 N–H and O–H groups in total. The monoisotopic (exact) mass is 443 g/mol. The van der Waals surface area contributed by atoms with Crippen molar-refractivity contribution in [3.05, 3.63) is 77.4 Å². The molecule has 32 heavy (non-hydrogen) atoms. The van der Waals surface area contributed by atoms with Gasteiger partial charge in [0.25, 0.3) is 0 Å². The molecule has 3 aromatic carbocycles. The lowest BCUT2D eigenvalue weighted by Crippen LogP contribution is -1.99. The van der Waals surface area contributed by atoms with Gasteiger partial charge in [0, 0.05) is 21.4 Å². The Hall–Kier alpha value is -3.57. The van der Waals surface area contributed by atoms with Gasteiger partial charge >= 0.3 is 0 Å². The Morgan fingerprint density at radius 3 is 2.16 bits per heavy atom. The van der Waals surface area contributed by atoms with Crippen LogP contribution in [0.15, 0.2) is 66.7 Å². The summed E-state index contributed by atoms with van der Waals surface area (Å²) in [5.74, 6) is 1.33. The largest absolute Gasteiger partial charge is 0.493 e. The van der Waals surface area contributed by atoms with Crippen molar-refractivity contribution in [1.29, 1.82) is 0 Å². The first-order valence-electron chi connectivity index (χ1n) is 10.4. The number of benzene rings is 3. The number of fused-ring (bicyclic) bond motifs is 3. The van der Waals surface area contributed by atoms with E-state index in [1.807, 2.05) is 71.4 Å². The van der Waals surface area contributed by atoms with Gasteiger partial charge in [0.1, 0.15) is 0 Å². The lowest BCUT2D eigenvalue weighted by molar-refractivity contribution is 0.356. The quantitative estimate of drug-likeness (QED) is 0.312. The van der Waals surface area contributed by atoms with Gasteiger partial charge in [0.2, 0.25) is 0 Å². The van der Waals surface area contributed by atoms with Gasteiger partial charge in [-0.05, 0) is 42.8 Å². The number of rotatable bonds is 5. The van der Waals surface area contributed by atoms with Crippen LogP contribution in [0.2, 0.25) is 5.02 Å². The van der Waals surface area contributed by atoms with E-state index < -0.39 is 0 Å². The van der Waals surface area contributed by atoms with Crippen LogP contribution in [-0.4, -0.2) is 29.0 Å². The van der Waals surface area contributed by atoms with Gasteiger partial charge in [-0.3, -0.25) is 0 Å². The molecule has 0 aliphatic rings. The van der Waals surface area contributed by atoms with E-state index in [4.69, 9.17) is 31.2 Å². The number of hydrogen-bond donors (Lipinski definition) is 0. The molecule has 0 aliphatic carbocycles. The highest BCUT2D eigenvalue weighted by molar-refractivity contribution is 6.30. The first kappa shape index (κ1) is 20.3. The second kappa shape index (κ2) is 8.17. The molecule has 0 saturated carbocycles. The summed E-state index contributed by atoms with van der Waals surface area (Å²) in [6, 6.07) is 21.8. The number of ether oxygens (including phenoxy) is 2. The topological polar surface area (TPSA) is 49.2 Å². The van der Waals surface area contributed by atoms with Crippen LogP contribution in [0.4, 0.5) is 0 Å². The molecule has 5 rings (SSSR count). The molecule has 0 atom stereocenters. The van der Waals surface area contributed by atoms with Crippen LogP contribution in [0.25, 0.3) is 38.8 Å². The van der Waals surface area contributed by atoms with Crippen molar-refractivity contribution < 1.29 is 9.47 Å². The average Bonchev–Trinajstić information content (AvgIpc) is 3.22. The molecule has 5 nitrogen and oxygen atoms in total. The molecule has 0 bridgehead atoms. The number of aromatic nitrogens is 3. The fraction of sp³-hybridized carbons (Fsp3) is 0.154. The average molecular weight is 444 g/mol. The summed E-state index contributed by atoms with van der Waals surface area (Å²) in [6.45, 7) is 2.11.